The van der Waals surface area contributed by atoms with Crippen molar-refractivity contribution in [1.29, 1.82) is 0 Å². The van der Waals surface area contributed by atoms with Gasteiger partial charge in [0, 0.05) is 17.2 Å². The third-order valence-corrected chi connectivity index (χ3v) is 4.10. The fourth-order valence-corrected chi connectivity index (χ4v) is 2.71. The second-order valence-corrected chi connectivity index (χ2v) is 6.63. The first kappa shape index (κ1) is 17.7. The number of aromatic nitrogens is 3. The molecule has 28 heavy (non-hydrogen) atoms. The predicted molar refractivity (Wildman–Crippen MR) is 103 cm³/mol. The molecule has 1 N–H and O–H groups in total. The zero-order chi connectivity index (χ0) is 19.7. The Balaban J connectivity index is 1.49. The number of hydrogen-bond acceptors (Lipinski definition) is 6. The molecule has 8 heteroatoms. The van der Waals surface area contributed by atoms with Crippen LogP contribution in [-0.2, 0) is 11.3 Å². The third kappa shape index (κ3) is 3.57. The van der Waals surface area contributed by atoms with Crippen LogP contribution in [0.15, 0.2) is 62.2 Å². The average Bonchev–Trinajstić information content (AvgIpc) is 3.26. The lowest BCUT2D eigenvalue weighted by molar-refractivity contribution is -0.117. The molecule has 2 heterocycles. The molecule has 0 radical (unpaired) electrons. The zero-order valence-electron chi connectivity index (χ0n) is 15.4. The number of hydrogen-bond donors (Lipinski definition) is 1. The number of carbonyl (C=O) groups is 1. The Bertz CT molecular complexity index is 1190. The van der Waals surface area contributed by atoms with Crippen LogP contribution in [0.1, 0.15) is 25.7 Å². The maximum atomic E-state index is 12.3. The van der Waals surface area contributed by atoms with Gasteiger partial charge in [0.05, 0.1) is 0 Å². The highest BCUT2D eigenvalue weighted by atomic mass is 16.4. The highest BCUT2D eigenvalue weighted by Gasteiger charge is 2.14. The summed E-state index contributed by atoms with van der Waals surface area (Å²) in [5.41, 5.74) is 2.53. The van der Waals surface area contributed by atoms with Crippen LogP contribution in [0.4, 0.5) is 5.69 Å². The third-order valence-electron chi connectivity index (χ3n) is 4.10. The van der Waals surface area contributed by atoms with Gasteiger partial charge < -0.3 is 14.2 Å². The standard InChI is InChI=1S/C20H18N4O4/c1-12(2)18-22-15-10-14(8-9-16(15)27-18)21-17(25)11-24-20(26)28-19(23-24)13-6-4-3-5-7-13/h3-10,12H,11H2,1-2H3,(H,21,25). The van der Waals surface area contributed by atoms with Gasteiger partial charge in [-0.15, -0.1) is 5.10 Å². The van der Waals surface area contributed by atoms with Crippen LogP contribution < -0.4 is 11.1 Å². The Morgan fingerprint density at radius 3 is 2.68 bits per heavy atom. The van der Waals surface area contributed by atoms with Gasteiger partial charge in [0.2, 0.25) is 11.8 Å². The first-order valence-corrected chi connectivity index (χ1v) is 8.83. The van der Waals surface area contributed by atoms with E-state index in [9.17, 15) is 9.59 Å². The van der Waals surface area contributed by atoms with Crippen LogP contribution in [0.5, 0.6) is 0 Å². The summed E-state index contributed by atoms with van der Waals surface area (Å²) < 4.78 is 11.8. The van der Waals surface area contributed by atoms with Crippen LogP contribution >= 0.6 is 0 Å². The minimum absolute atomic E-state index is 0.170. The van der Waals surface area contributed by atoms with E-state index in [-0.39, 0.29) is 18.4 Å². The van der Waals surface area contributed by atoms with E-state index in [1.165, 1.54) is 0 Å². The van der Waals surface area contributed by atoms with Gasteiger partial charge in [0.15, 0.2) is 11.5 Å². The number of anilines is 1. The molecule has 0 fully saturated rings. The van der Waals surface area contributed by atoms with Crippen molar-refractivity contribution in [3.63, 3.8) is 0 Å². The number of benzene rings is 2. The molecular formula is C20H18N4O4. The number of nitrogens with one attached hydrogen (secondary N) is 1. The normalized spacial score (nSPS) is 11.2. The molecule has 2 aromatic carbocycles. The van der Waals surface area contributed by atoms with Crippen LogP contribution in [0, 0.1) is 0 Å². The van der Waals surface area contributed by atoms with E-state index < -0.39 is 11.7 Å². The van der Waals surface area contributed by atoms with Crippen LogP contribution in [0.25, 0.3) is 22.6 Å². The molecular weight excluding hydrogens is 360 g/mol. The largest absolute Gasteiger partial charge is 0.440 e. The molecule has 0 aliphatic rings. The SMILES string of the molecule is CC(C)c1nc2cc(NC(=O)Cn3nc(-c4ccccc4)oc3=O)ccc2o1. The molecule has 8 nitrogen and oxygen atoms in total. The quantitative estimate of drug-likeness (QED) is 0.571. The molecule has 2 aromatic heterocycles. The first-order valence-electron chi connectivity index (χ1n) is 8.83. The molecule has 0 aliphatic heterocycles. The Morgan fingerprint density at radius 1 is 1.14 bits per heavy atom. The Labute approximate surface area is 159 Å². The summed E-state index contributed by atoms with van der Waals surface area (Å²) >= 11 is 0. The van der Waals surface area contributed by atoms with E-state index >= 15 is 0 Å². The number of amides is 1. The molecule has 0 saturated carbocycles. The fourth-order valence-electron chi connectivity index (χ4n) is 2.71. The minimum Gasteiger partial charge on any atom is -0.440 e. The van der Waals surface area contributed by atoms with Gasteiger partial charge in [0.25, 0.3) is 0 Å². The Hall–Kier alpha value is -3.68. The van der Waals surface area contributed by atoms with Gasteiger partial charge >= 0.3 is 5.76 Å². The molecule has 0 unspecified atom stereocenters. The highest BCUT2D eigenvalue weighted by molar-refractivity contribution is 5.92. The lowest BCUT2D eigenvalue weighted by Gasteiger charge is -2.03. The first-order chi connectivity index (χ1) is 13.5. The van der Waals surface area contributed by atoms with E-state index in [1.54, 1.807) is 30.3 Å². The van der Waals surface area contributed by atoms with Crippen molar-refractivity contribution in [3.05, 3.63) is 65.0 Å². The van der Waals surface area contributed by atoms with Crippen molar-refractivity contribution >= 4 is 22.7 Å². The molecule has 0 aliphatic carbocycles. The van der Waals surface area contributed by atoms with Crippen LogP contribution in [-0.4, -0.2) is 20.7 Å². The molecule has 4 aromatic rings. The lowest BCUT2D eigenvalue weighted by Crippen LogP contribution is -2.25. The van der Waals surface area contributed by atoms with Crippen molar-refractivity contribution < 1.29 is 13.6 Å². The molecule has 0 bridgehead atoms. The van der Waals surface area contributed by atoms with Crippen LogP contribution in [0.3, 0.4) is 0 Å². The lowest BCUT2D eigenvalue weighted by atomic mass is 10.2. The van der Waals surface area contributed by atoms with Gasteiger partial charge in [-0.1, -0.05) is 32.0 Å². The Morgan fingerprint density at radius 2 is 1.93 bits per heavy atom. The van der Waals surface area contributed by atoms with E-state index in [0.717, 1.165) is 4.68 Å². The second kappa shape index (κ2) is 7.15. The minimum atomic E-state index is -0.692. The van der Waals surface area contributed by atoms with Gasteiger partial charge in [-0.05, 0) is 30.3 Å². The van der Waals surface area contributed by atoms with Gasteiger partial charge in [-0.2, -0.15) is 4.68 Å². The van der Waals surface area contributed by atoms with Gasteiger partial charge in [-0.3, -0.25) is 4.79 Å². The van der Waals surface area contributed by atoms with Crippen molar-refractivity contribution in [2.24, 2.45) is 0 Å². The van der Waals surface area contributed by atoms with E-state index in [1.807, 2.05) is 32.0 Å². The van der Waals surface area contributed by atoms with Crippen molar-refractivity contribution in [2.45, 2.75) is 26.3 Å². The summed E-state index contributed by atoms with van der Waals surface area (Å²) in [6.07, 6.45) is 0. The molecule has 1 amide bonds. The van der Waals surface area contributed by atoms with Crippen molar-refractivity contribution in [3.8, 4) is 11.5 Å². The number of rotatable bonds is 5. The maximum Gasteiger partial charge on any atom is 0.437 e. The average molecular weight is 378 g/mol. The van der Waals surface area contributed by atoms with E-state index in [0.29, 0.717) is 28.2 Å². The second-order valence-electron chi connectivity index (χ2n) is 6.63. The van der Waals surface area contributed by atoms with E-state index in [4.69, 9.17) is 8.83 Å². The highest BCUT2D eigenvalue weighted by Crippen LogP contribution is 2.23. The van der Waals surface area contributed by atoms with Gasteiger partial charge in [-0.25, -0.2) is 9.78 Å². The number of nitrogens with zero attached hydrogens (tertiary/aromatic N) is 3. The predicted octanol–water partition coefficient (Wildman–Crippen LogP) is 3.41. The van der Waals surface area contributed by atoms with Crippen molar-refractivity contribution in [1.82, 2.24) is 14.8 Å². The molecule has 0 atom stereocenters. The van der Waals surface area contributed by atoms with Gasteiger partial charge in [0.1, 0.15) is 12.1 Å². The van der Waals surface area contributed by atoms with E-state index in [2.05, 4.69) is 15.4 Å². The number of oxazole rings is 1. The summed E-state index contributed by atoms with van der Waals surface area (Å²) in [4.78, 5) is 28.7. The molecule has 0 spiro atoms. The maximum absolute atomic E-state index is 12.3. The molecule has 0 saturated heterocycles. The summed E-state index contributed by atoms with van der Waals surface area (Å²) in [6, 6.07) is 14.2. The summed E-state index contributed by atoms with van der Waals surface area (Å²) in [6.45, 7) is 3.72. The smallest absolute Gasteiger partial charge is 0.437 e. The topological polar surface area (TPSA) is 103 Å². The fraction of sp³-hybridized carbons (Fsp3) is 0.200. The van der Waals surface area contributed by atoms with Crippen molar-refractivity contribution in [2.75, 3.05) is 5.32 Å². The Kier molecular flexibility index (Phi) is 4.52. The molecule has 142 valence electrons. The monoisotopic (exact) mass is 378 g/mol. The number of fused-ring (bicyclic) bond motifs is 1. The summed E-state index contributed by atoms with van der Waals surface area (Å²) in [5.74, 6) is -0.113. The molecule has 4 rings (SSSR count). The summed E-state index contributed by atoms with van der Waals surface area (Å²) in [7, 11) is 0. The number of carbonyl (C=O) groups excluding carboxylic acids is 1. The zero-order valence-corrected chi connectivity index (χ0v) is 15.4. The summed E-state index contributed by atoms with van der Waals surface area (Å²) in [5, 5.41) is 6.82. The van der Waals surface area contributed by atoms with Crippen LogP contribution in [0.2, 0.25) is 0 Å².